The zero-order chi connectivity index (χ0) is 27.6. The van der Waals surface area contributed by atoms with Crippen LogP contribution < -0.4 is 15.6 Å². The molecule has 1 fully saturated rings. The van der Waals surface area contributed by atoms with E-state index >= 15 is 0 Å². The monoisotopic (exact) mass is 554 g/mol. The van der Waals surface area contributed by atoms with E-state index in [9.17, 15) is 13.6 Å². The van der Waals surface area contributed by atoms with Gasteiger partial charge >= 0.3 is 6.61 Å². The lowest BCUT2D eigenvalue weighted by molar-refractivity contribution is -0.0498. The van der Waals surface area contributed by atoms with Crippen LogP contribution in [0.3, 0.4) is 0 Å². The Kier molecular flexibility index (Phi) is 7.86. The summed E-state index contributed by atoms with van der Waals surface area (Å²) in [4.78, 5) is 21.4. The molecule has 2 aromatic carbocycles. The molecule has 206 valence electrons. The number of halogens is 2. The van der Waals surface area contributed by atoms with Gasteiger partial charge in [-0.05, 0) is 96.0 Å². The third kappa shape index (κ3) is 6.93. The van der Waals surface area contributed by atoms with E-state index < -0.39 is 16.6 Å². The number of ether oxygens (including phenoxy) is 2. The Morgan fingerprint density at radius 1 is 1.00 bits per heavy atom. The molecule has 0 spiro atoms. The smallest absolute Gasteiger partial charge is 0.387 e. The molecule has 0 aliphatic heterocycles. The van der Waals surface area contributed by atoms with E-state index in [4.69, 9.17) is 4.74 Å². The van der Waals surface area contributed by atoms with Crippen LogP contribution in [0.15, 0.2) is 71.8 Å². The van der Waals surface area contributed by atoms with Crippen LogP contribution in [0.1, 0.15) is 29.4 Å². The second-order valence-electron chi connectivity index (χ2n) is 10.6. The van der Waals surface area contributed by atoms with E-state index in [1.165, 1.54) is 17.7 Å². The topological polar surface area (TPSA) is 78.3 Å². The molecule has 7 nitrogen and oxygen atoms in total. The molecule has 1 N–H and O–H groups in total. The summed E-state index contributed by atoms with van der Waals surface area (Å²) in [6.07, 6.45) is 11.4. The van der Waals surface area contributed by atoms with Gasteiger partial charge in [-0.1, -0.05) is 6.07 Å². The molecular formula is C29H32F2N4O3S. The molecule has 4 aromatic rings. The van der Waals surface area contributed by atoms with Gasteiger partial charge in [0.1, 0.15) is 12.5 Å². The quantitative estimate of drug-likeness (QED) is 0.227. The maximum absolute atomic E-state index is 12.5. The van der Waals surface area contributed by atoms with Crippen LogP contribution in [0.2, 0.25) is 0 Å². The summed E-state index contributed by atoms with van der Waals surface area (Å²) < 4.78 is 36.5. The van der Waals surface area contributed by atoms with Gasteiger partial charge in [0.2, 0.25) is 5.95 Å². The summed E-state index contributed by atoms with van der Waals surface area (Å²) in [5, 5.41) is 4.08. The number of pyridine rings is 1. The highest BCUT2D eigenvalue weighted by molar-refractivity contribution is 8.32. The summed E-state index contributed by atoms with van der Waals surface area (Å²) in [5.74, 6) is 2.22. The Labute approximate surface area is 227 Å². The van der Waals surface area contributed by atoms with Gasteiger partial charge in [0.15, 0.2) is 0 Å². The fraction of sp³-hybridized carbons (Fsp3) is 0.345. The summed E-state index contributed by atoms with van der Waals surface area (Å²) in [6.45, 7) is -1.96. The van der Waals surface area contributed by atoms with Crippen molar-refractivity contribution >= 4 is 32.6 Å². The van der Waals surface area contributed by atoms with E-state index in [2.05, 4.69) is 50.9 Å². The van der Waals surface area contributed by atoms with Gasteiger partial charge in [0.25, 0.3) is 5.56 Å². The Bertz CT molecular complexity index is 1490. The summed E-state index contributed by atoms with van der Waals surface area (Å²) in [6, 6.07) is 15.9. The number of aromatic nitrogens is 3. The Morgan fingerprint density at radius 2 is 1.72 bits per heavy atom. The van der Waals surface area contributed by atoms with Gasteiger partial charge < -0.3 is 14.8 Å². The highest BCUT2D eigenvalue weighted by Gasteiger charge is 2.40. The minimum Gasteiger partial charge on any atom is -0.435 e. The first-order valence-corrected chi connectivity index (χ1v) is 15.7. The molecule has 2 atom stereocenters. The second kappa shape index (κ2) is 11.3. The molecule has 10 heteroatoms. The first-order chi connectivity index (χ1) is 18.7. The number of rotatable bonds is 11. The van der Waals surface area contributed by atoms with E-state index in [1.807, 2.05) is 24.5 Å². The van der Waals surface area contributed by atoms with Crippen molar-refractivity contribution in [3.63, 3.8) is 0 Å². The number of nitrogens with zero attached hydrogens (tertiary/aromatic N) is 3. The van der Waals surface area contributed by atoms with Gasteiger partial charge in [-0.3, -0.25) is 9.36 Å². The van der Waals surface area contributed by atoms with E-state index in [0.717, 1.165) is 28.6 Å². The summed E-state index contributed by atoms with van der Waals surface area (Å²) in [7, 11) is -0.639. The predicted octanol–water partition coefficient (Wildman–Crippen LogP) is 6.08. The number of nitrogens with one attached hydrogen (secondary N) is 1. The van der Waals surface area contributed by atoms with Crippen molar-refractivity contribution in [3.05, 3.63) is 88.5 Å². The van der Waals surface area contributed by atoms with Crippen LogP contribution in [-0.4, -0.2) is 52.3 Å². The average Bonchev–Trinajstić information content (AvgIpc) is 3.69. The second-order valence-corrected chi connectivity index (χ2v) is 15.2. The number of alkyl halides is 2. The van der Waals surface area contributed by atoms with Crippen LogP contribution in [0.5, 0.6) is 5.75 Å². The van der Waals surface area contributed by atoms with Crippen LogP contribution in [-0.2, 0) is 11.5 Å². The maximum Gasteiger partial charge on any atom is 0.387 e. The van der Waals surface area contributed by atoms with Crippen molar-refractivity contribution in [2.24, 2.45) is 0 Å². The largest absolute Gasteiger partial charge is 0.435 e. The lowest BCUT2D eigenvalue weighted by Gasteiger charge is -2.24. The molecule has 2 heterocycles. The zero-order valence-corrected chi connectivity index (χ0v) is 23.0. The van der Waals surface area contributed by atoms with Crippen molar-refractivity contribution in [1.29, 1.82) is 0 Å². The standard InChI is InChI=1S/C29H32F2N4O3S/c1-39(2,3)13-12-37-18-35-26-10-4-19(14-20(26)5-11-27(35)36)24-15-25(24)21-16-32-29(33-17-21)34-22-6-8-23(9-7-22)38-28(30)31/h4-11,14,16-17,24-25,28H,12-13,15,18H2,1-3H3,(H,32,33,34). The van der Waals surface area contributed by atoms with Crippen molar-refractivity contribution in [2.75, 3.05) is 36.4 Å². The third-order valence-electron chi connectivity index (χ3n) is 6.73. The van der Waals surface area contributed by atoms with Gasteiger partial charge in [0.05, 0.1) is 12.1 Å². The first-order valence-electron chi connectivity index (χ1n) is 12.7. The Hall–Kier alpha value is -3.50. The molecule has 1 aliphatic rings. The van der Waals surface area contributed by atoms with Crippen molar-refractivity contribution in [1.82, 2.24) is 14.5 Å². The highest BCUT2D eigenvalue weighted by Crippen LogP contribution is 2.54. The van der Waals surface area contributed by atoms with Crippen LogP contribution in [0, 0.1) is 0 Å². The fourth-order valence-electron chi connectivity index (χ4n) is 4.53. The van der Waals surface area contributed by atoms with E-state index in [1.54, 1.807) is 22.8 Å². The minimum absolute atomic E-state index is 0.0639. The fourth-order valence-corrected chi connectivity index (χ4v) is 5.14. The van der Waals surface area contributed by atoms with Gasteiger partial charge in [-0.15, -0.1) is 0 Å². The van der Waals surface area contributed by atoms with Gasteiger partial charge in [0, 0.05) is 29.9 Å². The molecule has 0 amide bonds. The number of hydrogen-bond donors (Lipinski definition) is 1. The van der Waals surface area contributed by atoms with Crippen molar-refractivity contribution < 1.29 is 18.3 Å². The molecule has 2 unspecified atom stereocenters. The molecular weight excluding hydrogens is 522 g/mol. The zero-order valence-electron chi connectivity index (χ0n) is 22.1. The summed E-state index contributed by atoms with van der Waals surface area (Å²) >= 11 is 0. The Morgan fingerprint density at radius 3 is 2.41 bits per heavy atom. The SMILES string of the molecule is CS(C)(C)CCOCn1c(=O)ccc2cc(C3CC3c3cnc(Nc4ccc(OC(F)F)cc4)nc3)ccc21. The normalized spacial score (nSPS) is 17.4. The molecule has 0 radical (unpaired) electrons. The summed E-state index contributed by atoms with van der Waals surface area (Å²) in [5.41, 5.74) is 3.77. The molecule has 1 aliphatic carbocycles. The Balaban J connectivity index is 1.22. The molecule has 2 aromatic heterocycles. The predicted molar refractivity (Wildman–Crippen MR) is 153 cm³/mol. The van der Waals surface area contributed by atoms with Crippen LogP contribution >= 0.6 is 10.0 Å². The van der Waals surface area contributed by atoms with Crippen molar-refractivity contribution in [3.8, 4) is 5.75 Å². The average molecular weight is 555 g/mol. The number of fused-ring (bicyclic) bond motifs is 1. The van der Waals surface area contributed by atoms with E-state index in [0.29, 0.717) is 30.1 Å². The molecule has 1 saturated carbocycles. The van der Waals surface area contributed by atoms with Gasteiger partial charge in [-0.25, -0.2) is 20.0 Å². The van der Waals surface area contributed by atoms with E-state index in [-0.39, 0.29) is 18.0 Å². The number of anilines is 2. The molecule has 39 heavy (non-hydrogen) atoms. The lowest BCUT2D eigenvalue weighted by Crippen LogP contribution is -2.22. The van der Waals surface area contributed by atoms with Gasteiger partial charge in [-0.2, -0.15) is 8.78 Å². The van der Waals surface area contributed by atoms with Crippen LogP contribution in [0.25, 0.3) is 10.9 Å². The molecule has 0 saturated heterocycles. The third-order valence-corrected chi connectivity index (χ3v) is 8.12. The maximum atomic E-state index is 12.5. The minimum atomic E-state index is -2.86. The van der Waals surface area contributed by atoms with Crippen molar-refractivity contribution in [2.45, 2.75) is 31.6 Å². The van der Waals surface area contributed by atoms with Crippen LogP contribution in [0.4, 0.5) is 20.4 Å². The highest BCUT2D eigenvalue weighted by atomic mass is 32.3. The molecule has 0 bridgehead atoms. The number of benzene rings is 2. The number of hydrogen-bond acceptors (Lipinski definition) is 6. The molecule has 5 rings (SSSR count). The first kappa shape index (κ1) is 27.1. The lowest BCUT2D eigenvalue weighted by atomic mass is 10.0.